The number of carbonyl (C=O) groups is 2. The smallest absolute Gasteiger partial charge is 0.420 e. The number of nitrogens with one attached hydrogen (secondary N) is 1. The summed E-state index contributed by atoms with van der Waals surface area (Å²) in [6.45, 7) is 11.1. The maximum absolute atomic E-state index is 14.2. The van der Waals surface area contributed by atoms with Crippen LogP contribution in [0.1, 0.15) is 59.9 Å². The molecule has 1 fully saturated rings. The summed E-state index contributed by atoms with van der Waals surface area (Å²) < 4.78 is 54.4. The second kappa shape index (κ2) is 11.0. The van der Waals surface area contributed by atoms with Gasteiger partial charge >= 0.3 is 18.4 Å². The highest BCUT2D eigenvalue weighted by atomic mass is 35.5. The lowest BCUT2D eigenvalue weighted by Crippen LogP contribution is -2.47. The van der Waals surface area contributed by atoms with E-state index < -0.39 is 40.8 Å². The molecule has 41 heavy (non-hydrogen) atoms. The number of hydrogen-bond donors (Lipinski definition) is 1. The van der Waals surface area contributed by atoms with Crippen LogP contribution >= 0.6 is 11.6 Å². The number of nitrogens with zero attached hydrogens (tertiary/aromatic N) is 5. The van der Waals surface area contributed by atoms with E-state index in [2.05, 4.69) is 20.3 Å². The van der Waals surface area contributed by atoms with Gasteiger partial charge in [-0.25, -0.2) is 29.1 Å². The van der Waals surface area contributed by atoms with Crippen molar-refractivity contribution in [3.63, 3.8) is 0 Å². The highest BCUT2D eigenvalue weighted by Gasteiger charge is 2.37. The van der Waals surface area contributed by atoms with E-state index in [9.17, 15) is 22.8 Å². The number of piperidine rings is 1. The molecule has 10 nitrogen and oxygen atoms in total. The first-order valence-corrected chi connectivity index (χ1v) is 13.4. The van der Waals surface area contributed by atoms with E-state index in [0.29, 0.717) is 25.6 Å². The number of carbonyl (C=O) groups excluding carboxylic acids is 2. The van der Waals surface area contributed by atoms with Crippen LogP contribution in [0.2, 0.25) is 5.15 Å². The topological polar surface area (TPSA) is 111 Å². The van der Waals surface area contributed by atoms with Gasteiger partial charge < -0.3 is 19.7 Å². The summed E-state index contributed by atoms with van der Waals surface area (Å²) in [6, 6.07) is 2.55. The average molecular weight is 597 g/mol. The number of ether oxygens (including phenoxy) is 2. The second-order valence-electron chi connectivity index (χ2n) is 11.8. The van der Waals surface area contributed by atoms with Gasteiger partial charge in [0.25, 0.3) is 0 Å². The number of halogens is 4. The van der Waals surface area contributed by atoms with Crippen LogP contribution < -0.4 is 5.32 Å². The number of pyridine rings is 1. The van der Waals surface area contributed by atoms with Gasteiger partial charge in [-0.1, -0.05) is 11.6 Å². The largest absolute Gasteiger partial charge is 0.444 e. The molecule has 4 heterocycles. The van der Waals surface area contributed by atoms with Gasteiger partial charge in [-0.3, -0.25) is 0 Å². The predicted molar refractivity (Wildman–Crippen MR) is 147 cm³/mol. The zero-order valence-corrected chi connectivity index (χ0v) is 24.4. The van der Waals surface area contributed by atoms with Crippen LogP contribution in [0.3, 0.4) is 0 Å². The van der Waals surface area contributed by atoms with Gasteiger partial charge in [0, 0.05) is 42.5 Å². The molecule has 3 aromatic rings. The summed E-state index contributed by atoms with van der Waals surface area (Å²) in [5, 5.41) is 3.31. The van der Waals surface area contributed by atoms with Crippen molar-refractivity contribution in [2.24, 2.45) is 0 Å². The van der Waals surface area contributed by atoms with Gasteiger partial charge in [0.1, 0.15) is 21.9 Å². The Labute approximate surface area is 240 Å². The van der Waals surface area contributed by atoms with Crippen molar-refractivity contribution < 1.29 is 32.2 Å². The third-order valence-electron chi connectivity index (χ3n) is 5.96. The van der Waals surface area contributed by atoms with Crippen molar-refractivity contribution in [3.8, 4) is 11.3 Å². The van der Waals surface area contributed by atoms with Crippen LogP contribution in [-0.4, -0.2) is 66.9 Å². The van der Waals surface area contributed by atoms with Gasteiger partial charge in [0.15, 0.2) is 5.65 Å². The fourth-order valence-electron chi connectivity index (χ4n) is 4.35. The Hall–Kier alpha value is -3.61. The van der Waals surface area contributed by atoms with E-state index in [1.165, 1.54) is 18.3 Å². The minimum Gasteiger partial charge on any atom is -0.444 e. The van der Waals surface area contributed by atoms with Gasteiger partial charge in [-0.05, 0) is 66.5 Å². The SMILES string of the molecule is CC(C)(C)OC(=O)N1CCCC(Nc2ncc(C(F)(F)F)c(-c3cn(C(=O)OC(C)(C)C)c4nc(Cl)ccc34)n2)C1. The first-order valence-electron chi connectivity index (χ1n) is 13.0. The highest BCUT2D eigenvalue weighted by molar-refractivity contribution is 6.29. The Morgan fingerprint density at radius 2 is 1.68 bits per heavy atom. The van der Waals surface area contributed by atoms with Crippen LogP contribution in [0.5, 0.6) is 0 Å². The molecule has 1 saturated heterocycles. The lowest BCUT2D eigenvalue weighted by molar-refractivity contribution is -0.137. The highest BCUT2D eigenvalue weighted by Crippen LogP contribution is 2.39. The minimum absolute atomic E-state index is 0.00757. The fourth-order valence-corrected chi connectivity index (χ4v) is 4.49. The van der Waals surface area contributed by atoms with Crippen molar-refractivity contribution >= 4 is 40.8 Å². The van der Waals surface area contributed by atoms with Crippen LogP contribution in [0, 0.1) is 0 Å². The van der Waals surface area contributed by atoms with Crippen molar-refractivity contribution in [2.75, 3.05) is 18.4 Å². The quantitative estimate of drug-likeness (QED) is 0.330. The van der Waals surface area contributed by atoms with Gasteiger partial charge in [0.2, 0.25) is 5.95 Å². The maximum atomic E-state index is 14.2. The Bertz CT molecular complexity index is 1460. The van der Waals surface area contributed by atoms with Crippen LogP contribution in [-0.2, 0) is 15.7 Å². The monoisotopic (exact) mass is 596 g/mol. The molecule has 0 bridgehead atoms. The summed E-state index contributed by atoms with van der Waals surface area (Å²) in [7, 11) is 0. The Kier molecular flexibility index (Phi) is 8.14. The van der Waals surface area contributed by atoms with E-state index in [1.807, 2.05) is 0 Å². The van der Waals surface area contributed by atoms with Crippen LogP contribution in [0.15, 0.2) is 24.5 Å². The maximum Gasteiger partial charge on any atom is 0.420 e. The molecule has 3 aromatic heterocycles. The van der Waals surface area contributed by atoms with E-state index in [0.717, 1.165) is 4.57 Å². The molecular weight excluding hydrogens is 565 g/mol. The van der Waals surface area contributed by atoms with Crippen molar-refractivity contribution in [1.29, 1.82) is 0 Å². The normalized spacial score (nSPS) is 16.5. The summed E-state index contributed by atoms with van der Waals surface area (Å²) in [6.07, 6.45) is -2.92. The second-order valence-corrected chi connectivity index (χ2v) is 12.1. The molecule has 0 saturated carbocycles. The molecule has 0 aliphatic carbocycles. The Morgan fingerprint density at radius 1 is 1.02 bits per heavy atom. The number of likely N-dealkylation sites (tertiary alicyclic amines) is 1. The van der Waals surface area contributed by atoms with E-state index in [4.69, 9.17) is 21.1 Å². The molecule has 4 rings (SSSR count). The lowest BCUT2D eigenvalue weighted by Gasteiger charge is -2.34. The molecular formula is C27H32ClF3N6O4. The third-order valence-corrected chi connectivity index (χ3v) is 6.17. The van der Waals surface area contributed by atoms with Gasteiger partial charge in [-0.2, -0.15) is 13.2 Å². The Balaban J connectivity index is 1.73. The molecule has 1 aliphatic rings. The number of anilines is 1. The van der Waals surface area contributed by atoms with Crippen molar-refractivity contribution in [3.05, 3.63) is 35.2 Å². The van der Waals surface area contributed by atoms with Crippen LogP contribution in [0.25, 0.3) is 22.3 Å². The van der Waals surface area contributed by atoms with Gasteiger partial charge in [-0.15, -0.1) is 0 Å². The standard InChI is InChI=1S/C27H32ClF3N6O4/c1-25(2,3)40-23(38)36-11-7-8-15(13-36)33-22-32-12-18(27(29,30)31)20(35-22)17-14-37(24(39)41-26(4,5)6)21-16(17)9-10-19(28)34-21/h9-10,12,14-15H,7-8,11,13H2,1-6H3,(H,32,33,35). The zero-order chi connectivity index (χ0) is 30.3. The van der Waals surface area contributed by atoms with Crippen molar-refractivity contribution in [2.45, 2.75) is 77.8 Å². The summed E-state index contributed by atoms with van der Waals surface area (Å²) in [4.78, 5) is 39.4. The Morgan fingerprint density at radius 3 is 2.32 bits per heavy atom. The molecule has 1 unspecified atom stereocenters. The third kappa shape index (κ3) is 7.38. The summed E-state index contributed by atoms with van der Waals surface area (Å²) >= 11 is 6.06. The molecule has 222 valence electrons. The predicted octanol–water partition coefficient (Wildman–Crippen LogP) is 6.76. The fraction of sp³-hybridized carbons (Fsp3) is 0.519. The van der Waals surface area contributed by atoms with Crippen molar-refractivity contribution in [1.82, 2.24) is 24.4 Å². The van der Waals surface area contributed by atoms with Crippen LogP contribution in [0.4, 0.5) is 28.7 Å². The summed E-state index contributed by atoms with van der Waals surface area (Å²) in [5.74, 6) is -0.0656. The minimum atomic E-state index is -4.80. The molecule has 14 heteroatoms. The molecule has 1 amide bonds. The lowest BCUT2D eigenvalue weighted by atomic mass is 10.1. The number of alkyl halides is 3. The van der Waals surface area contributed by atoms with E-state index in [-0.39, 0.29) is 40.3 Å². The zero-order valence-electron chi connectivity index (χ0n) is 23.6. The molecule has 1 atom stereocenters. The molecule has 1 N–H and O–H groups in total. The number of amides is 1. The summed E-state index contributed by atoms with van der Waals surface area (Å²) in [5.41, 5.74) is -3.08. The first kappa shape index (κ1) is 30.4. The molecule has 0 spiro atoms. The van der Waals surface area contributed by atoms with E-state index in [1.54, 1.807) is 46.4 Å². The number of hydrogen-bond acceptors (Lipinski definition) is 8. The number of aromatic nitrogens is 4. The molecule has 0 radical (unpaired) electrons. The average Bonchev–Trinajstić information content (AvgIpc) is 3.20. The number of fused-ring (bicyclic) bond motifs is 1. The van der Waals surface area contributed by atoms with E-state index >= 15 is 0 Å². The van der Waals surface area contributed by atoms with Gasteiger partial charge in [0.05, 0.1) is 5.69 Å². The number of rotatable bonds is 3. The first-order chi connectivity index (χ1) is 18.9. The molecule has 1 aliphatic heterocycles. The molecule has 0 aromatic carbocycles.